The number of aromatic nitrogens is 2. The van der Waals surface area contributed by atoms with Crippen molar-refractivity contribution in [2.24, 2.45) is 0 Å². The molecule has 0 fully saturated rings. The van der Waals surface area contributed by atoms with Crippen LogP contribution in [0.1, 0.15) is 11.1 Å². The molecule has 1 amide bonds. The van der Waals surface area contributed by atoms with Crippen LogP contribution in [0.25, 0.3) is 6.08 Å². The van der Waals surface area contributed by atoms with Crippen molar-refractivity contribution in [3.63, 3.8) is 0 Å². The zero-order chi connectivity index (χ0) is 19.5. The lowest BCUT2D eigenvalue weighted by Gasteiger charge is -2.18. The molecule has 0 radical (unpaired) electrons. The third kappa shape index (κ3) is 3.76. The number of benzene rings is 2. The molecule has 0 bridgehead atoms. The molecule has 1 N–H and O–H groups in total. The van der Waals surface area contributed by atoms with Crippen LogP contribution >= 0.6 is 0 Å². The van der Waals surface area contributed by atoms with Gasteiger partial charge in [0.25, 0.3) is 5.91 Å². The summed E-state index contributed by atoms with van der Waals surface area (Å²) < 4.78 is 7.46. The van der Waals surface area contributed by atoms with Crippen molar-refractivity contribution in [3.8, 4) is 5.75 Å². The minimum atomic E-state index is -0.181. The number of nitrogens with one attached hydrogen (secondary N) is 1. The molecule has 1 aromatic heterocycles. The number of carbonyl (C=O) groups is 1. The van der Waals surface area contributed by atoms with E-state index < -0.39 is 0 Å². The number of hydrogen-bond acceptors (Lipinski definition) is 4. The number of para-hydroxylation sites is 1. The Labute approximate surface area is 164 Å². The number of rotatable bonds is 5. The maximum absolute atomic E-state index is 12.7. The fraction of sp³-hybridized carbons (Fsp3) is 0.182. The Kier molecular flexibility index (Phi) is 4.85. The number of ether oxygens (including phenoxy) is 1. The van der Waals surface area contributed by atoms with E-state index in [0.717, 1.165) is 22.6 Å². The van der Waals surface area contributed by atoms with E-state index in [2.05, 4.69) is 39.6 Å². The van der Waals surface area contributed by atoms with E-state index in [1.165, 1.54) is 0 Å². The average molecular weight is 374 g/mol. The van der Waals surface area contributed by atoms with Gasteiger partial charge in [-0.05, 0) is 29.8 Å². The van der Waals surface area contributed by atoms with Crippen molar-refractivity contribution < 1.29 is 9.53 Å². The zero-order valence-corrected chi connectivity index (χ0v) is 15.9. The SMILES string of the molecule is CN(C)c1ccc(Cn2nccc2NC(=O)C2=Cc3ccccc3OC2)cc1. The number of amides is 1. The summed E-state index contributed by atoms with van der Waals surface area (Å²) in [7, 11) is 4.02. The molecule has 0 saturated heterocycles. The molecule has 28 heavy (non-hydrogen) atoms. The first kappa shape index (κ1) is 17.9. The normalized spacial score (nSPS) is 12.6. The molecular weight excluding hydrogens is 352 g/mol. The summed E-state index contributed by atoms with van der Waals surface area (Å²) in [4.78, 5) is 14.8. The Bertz CT molecular complexity index is 1020. The highest BCUT2D eigenvalue weighted by atomic mass is 16.5. The lowest BCUT2D eigenvalue weighted by molar-refractivity contribution is -0.113. The lowest BCUT2D eigenvalue weighted by Crippen LogP contribution is -2.23. The van der Waals surface area contributed by atoms with Gasteiger partial charge in [0.2, 0.25) is 0 Å². The quantitative estimate of drug-likeness (QED) is 0.744. The van der Waals surface area contributed by atoms with Crippen molar-refractivity contribution in [3.05, 3.63) is 77.5 Å². The van der Waals surface area contributed by atoms with Crippen molar-refractivity contribution in [1.82, 2.24) is 9.78 Å². The van der Waals surface area contributed by atoms with Gasteiger partial charge in [-0.2, -0.15) is 5.10 Å². The Morgan fingerprint density at radius 1 is 1.14 bits per heavy atom. The van der Waals surface area contributed by atoms with Crippen LogP contribution in [0.3, 0.4) is 0 Å². The lowest BCUT2D eigenvalue weighted by atomic mass is 10.1. The predicted octanol–water partition coefficient (Wildman–Crippen LogP) is 3.41. The minimum Gasteiger partial charge on any atom is -0.488 e. The van der Waals surface area contributed by atoms with Crippen molar-refractivity contribution in [2.75, 3.05) is 30.9 Å². The van der Waals surface area contributed by atoms with Gasteiger partial charge < -0.3 is 15.0 Å². The van der Waals surface area contributed by atoms with Gasteiger partial charge in [-0.15, -0.1) is 0 Å². The monoisotopic (exact) mass is 374 g/mol. The van der Waals surface area contributed by atoms with Crippen LogP contribution in [-0.4, -0.2) is 36.4 Å². The second kappa shape index (κ2) is 7.60. The van der Waals surface area contributed by atoms with Crippen LogP contribution in [-0.2, 0) is 11.3 Å². The van der Waals surface area contributed by atoms with Crippen LogP contribution in [0.2, 0.25) is 0 Å². The maximum Gasteiger partial charge on any atom is 0.256 e. The van der Waals surface area contributed by atoms with E-state index in [4.69, 9.17) is 4.74 Å². The second-order valence-electron chi connectivity index (χ2n) is 6.89. The maximum atomic E-state index is 12.7. The van der Waals surface area contributed by atoms with Crippen molar-refractivity contribution in [2.45, 2.75) is 6.54 Å². The molecule has 0 atom stereocenters. The van der Waals surface area contributed by atoms with E-state index in [1.54, 1.807) is 16.9 Å². The molecule has 4 rings (SSSR count). The van der Waals surface area contributed by atoms with Gasteiger partial charge in [-0.25, -0.2) is 4.68 Å². The number of hydrogen-bond donors (Lipinski definition) is 1. The Hall–Kier alpha value is -3.54. The topological polar surface area (TPSA) is 59.4 Å². The van der Waals surface area contributed by atoms with Gasteiger partial charge in [0.05, 0.1) is 18.3 Å². The van der Waals surface area contributed by atoms with E-state index in [0.29, 0.717) is 17.9 Å². The smallest absolute Gasteiger partial charge is 0.256 e. The van der Waals surface area contributed by atoms with E-state index in [-0.39, 0.29) is 12.5 Å². The molecule has 2 aromatic carbocycles. The third-order valence-corrected chi connectivity index (χ3v) is 4.67. The van der Waals surface area contributed by atoms with Gasteiger partial charge in [0.1, 0.15) is 18.2 Å². The molecule has 0 spiro atoms. The largest absolute Gasteiger partial charge is 0.488 e. The van der Waals surface area contributed by atoms with Gasteiger partial charge in [-0.3, -0.25) is 4.79 Å². The summed E-state index contributed by atoms with van der Waals surface area (Å²) in [6.45, 7) is 0.831. The first-order valence-electron chi connectivity index (χ1n) is 9.12. The Balaban J connectivity index is 1.47. The molecule has 0 saturated carbocycles. The summed E-state index contributed by atoms with van der Waals surface area (Å²) in [5, 5.41) is 7.29. The van der Waals surface area contributed by atoms with Gasteiger partial charge >= 0.3 is 0 Å². The fourth-order valence-electron chi connectivity index (χ4n) is 3.08. The molecule has 0 unspecified atom stereocenters. The van der Waals surface area contributed by atoms with Crippen LogP contribution in [0, 0.1) is 0 Å². The number of carbonyl (C=O) groups excluding carboxylic acids is 1. The Morgan fingerprint density at radius 2 is 1.93 bits per heavy atom. The molecule has 142 valence electrons. The van der Waals surface area contributed by atoms with Crippen LogP contribution in [0.4, 0.5) is 11.5 Å². The second-order valence-corrected chi connectivity index (χ2v) is 6.89. The molecule has 1 aliphatic heterocycles. The first-order chi connectivity index (χ1) is 13.6. The van der Waals surface area contributed by atoms with Crippen LogP contribution in [0.15, 0.2) is 66.4 Å². The molecule has 0 aliphatic carbocycles. The summed E-state index contributed by atoms with van der Waals surface area (Å²) in [6.07, 6.45) is 3.56. The molecular formula is C22H22N4O2. The van der Waals surface area contributed by atoms with Crippen molar-refractivity contribution >= 4 is 23.5 Å². The van der Waals surface area contributed by atoms with E-state index in [9.17, 15) is 4.79 Å². The highest BCUT2D eigenvalue weighted by Crippen LogP contribution is 2.26. The van der Waals surface area contributed by atoms with Gasteiger partial charge in [-0.1, -0.05) is 30.3 Å². The third-order valence-electron chi connectivity index (χ3n) is 4.67. The average Bonchev–Trinajstić information content (AvgIpc) is 3.14. The standard InChI is InChI=1S/C22H22N4O2/c1-25(2)19-9-7-16(8-10-19)14-26-21(11-12-23-26)24-22(27)18-13-17-5-3-4-6-20(17)28-15-18/h3-13H,14-15H2,1-2H3,(H,24,27). The van der Waals surface area contributed by atoms with E-state index in [1.807, 2.05) is 44.4 Å². The fourth-order valence-corrected chi connectivity index (χ4v) is 3.08. The zero-order valence-electron chi connectivity index (χ0n) is 15.9. The number of fused-ring (bicyclic) bond motifs is 1. The van der Waals surface area contributed by atoms with Crippen LogP contribution < -0.4 is 15.0 Å². The number of nitrogens with zero attached hydrogens (tertiary/aromatic N) is 3. The molecule has 6 nitrogen and oxygen atoms in total. The Morgan fingerprint density at radius 3 is 2.71 bits per heavy atom. The summed E-state index contributed by atoms with van der Waals surface area (Å²) >= 11 is 0. The van der Waals surface area contributed by atoms with E-state index >= 15 is 0 Å². The highest BCUT2D eigenvalue weighted by Gasteiger charge is 2.18. The molecule has 6 heteroatoms. The van der Waals surface area contributed by atoms with Crippen molar-refractivity contribution in [1.29, 1.82) is 0 Å². The van der Waals surface area contributed by atoms with Gasteiger partial charge in [0, 0.05) is 31.4 Å². The predicted molar refractivity (Wildman–Crippen MR) is 111 cm³/mol. The first-order valence-corrected chi connectivity index (χ1v) is 9.12. The minimum absolute atomic E-state index is 0.181. The summed E-state index contributed by atoms with van der Waals surface area (Å²) in [6, 6.07) is 17.7. The van der Waals surface area contributed by atoms with Crippen LogP contribution in [0.5, 0.6) is 5.75 Å². The molecule has 2 heterocycles. The highest BCUT2D eigenvalue weighted by molar-refractivity contribution is 6.07. The molecule has 3 aromatic rings. The summed E-state index contributed by atoms with van der Waals surface area (Å²) in [5.41, 5.74) is 3.75. The number of anilines is 2. The molecule has 1 aliphatic rings. The summed E-state index contributed by atoms with van der Waals surface area (Å²) in [5.74, 6) is 1.27. The van der Waals surface area contributed by atoms with Gasteiger partial charge in [0.15, 0.2) is 0 Å².